The molecule has 192 valence electrons. The van der Waals surface area contributed by atoms with Crippen molar-refractivity contribution in [3.05, 3.63) is 93.8 Å². The van der Waals surface area contributed by atoms with Gasteiger partial charge >= 0.3 is 0 Å². The number of benzene rings is 3. The van der Waals surface area contributed by atoms with Gasteiger partial charge in [-0.2, -0.15) is 0 Å². The Morgan fingerprint density at radius 1 is 0.892 bits per heavy atom. The summed E-state index contributed by atoms with van der Waals surface area (Å²) in [5, 5.41) is 7.11. The molecule has 0 aliphatic heterocycles. The highest BCUT2D eigenvalue weighted by Crippen LogP contribution is 2.30. The molecule has 0 saturated heterocycles. The lowest BCUT2D eigenvalue weighted by atomic mass is 10.0. The number of aryl methyl sites for hydroxylation is 1. The van der Waals surface area contributed by atoms with Gasteiger partial charge < -0.3 is 20.1 Å². The predicted octanol–water partition coefficient (Wildman–Crippen LogP) is 5.70. The summed E-state index contributed by atoms with van der Waals surface area (Å²) in [6.45, 7) is 6.42. The Morgan fingerprint density at radius 2 is 1.59 bits per heavy atom. The first-order chi connectivity index (χ1) is 17.8. The second kappa shape index (κ2) is 11.2. The zero-order valence-corrected chi connectivity index (χ0v) is 21.9. The number of ether oxygens (including phenoxy) is 2. The number of amides is 1. The maximum absolute atomic E-state index is 13.5. The van der Waals surface area contributed by atoms with Gasteiger partial charge in [-0.15, -0.1) is 0 Å². The zero-order valence-electron chi connectivity index (χ0n) is 21.9. The molecular formula is C30H33N3O4. The molecular weight excluding hydrogens is 466 g/mol. The summed E-state index contributed by atoms with van der Waals surface area (Å²) < 4.78 is 12.2. The lowest BCUT2D eigenvalue weighted by Gasteiger charge is -2.15. The summed E-state index contributed by atoms with van der Waals surface area (Å²) in [6, 6.07) is 21.1. The van der Waals surface area contributed by atoms with Crippen LogP contribution in [0.5, 0.6) is 11.5 Å². The number of anilines is 2. The Hall–Kier alpha value is -4.26. The van der Waals surface area contributed by atoms with Gasteiger partial charge in [0.1, 0.15) is 6.54 Å². The standard InChI is InChI=1S/C30H33N3O4/c1-19(2)21-8-10-24(11-9-21)32-29(34)18-33-26-14-20(3)6-7-22(26)15-23(30(33)35)17-31-25-12-13-27(36-4)28(16-25)37-5/h6-16,19,31H,17-18H2,1-5H3,(H,32,34). The number of rotatable bonds is 9. The average Bonchev–Trinajstić information content (AvgIpc) is 2.89. The molecule has 0 radical (unpaired) electrons. The van der Waals surface area contributed by atoms with E-state index in [-0.39, 0.29) is 24.6 Å². The minimum atomic E-state index is -0.257. The van der Waals surface area contributed by atoms with E-state index in [9.17, 15) is 9.59 Å². The van der Waals surface area contributed by atoms with Gasteiger partial charge in [-0.05, 0) is 65.8 Å². The van der Waals surface area contributed by atoms with E-state index in [0.717, 1.165) is 22.2 Å². The highest BCUT2D eigenvalue weighted by atomic mass is 16.5. The Labute approximate surface area is 217 Å². The fraction of sp³-hybridized carbons (Fsp3) is 0.267. The van der Waals surface area contributed by atoms with E-state index in [1.165, 1.54) is 5.56 Å². The van der Waals surface area contributed by atoms with Crippen LogP contribution in [0.4, 0.5) is 11.4 Å². The molecule has 0 fully saturated rings. The maximum atomic E-state index is 13.5. The van der Waals surface area contributed by atoms with Crippen LogP contribution in [0.25, 0.3) is 10.9 Å². The van der Waals surface area contributed by atoms with Gasteiger partial charge in [0.25, 0.3) is 5.56 Å². The molecule has 7 nitrogen and oxygen atoms in total. The summed E-state index contributed by atoms with van der Waals surface area (Å²) in [5.41, 5.74) is 4.78. The van der Waals surface area contributed by atoms with Gasteiger partial charge in [0.2, 0.25) is 5.91 Å². The number of carbonyl (C=O) groups is 1. The lowest BCUT2D eigenvalue weighted by molar-refractivity contribution is -0.116. The van der Waals surface area contributed by atoms with Crippen molar-refractivity contribution in [2.24, 2.45) is 0 Å². The molecule has 2 N–H and O–H groups in total. The van der Waals surface area contributed by atoms with Crippen molar-refractivity contribution in [1.82, 2.24) is 4.57 Å². The van der Waals surface area contributed by atoms with Crippen LogP contribution in [0.15, 0.2) is 71.5 Å². The predicted molar refractivity (Wildman–Crippen MR) is 149 cm³/mol. The third-order valence-corrected chi connectivity index (χ3v) is 6.36. The minimum absolute atomic E-state index is 0.0884. The van der Waals surface area contributed by atoms with Crippen molar-refractivity contribution in [2.45, 2.75) is 39.8 Å². The molecule has 0 aliphatic carbocycles. The average molecular weight is 500 g/mol. The van der Waals surface area contributed by atoms with Crippen molar-refractivity contribution in [3.8, 4) is 11.5 Å². The Bertz CT molecular complexity index is 1470. The van der Waals surface area contributed by atoms with Crippen LogP contribution in [0.1, 0.15) is 36.5 Å². The molecule has 0 unspecified atom stereocenters. The summed E-state index contributed by atoms with van der Waals surface area (Å²) in [7, 11) is 3.16. The third kappa shape index (κ3) is 5.94. The summed E-state index contributed by atoms with van der Waals surface area (Å²) in [4.78, 5) is 26.5. The molecule has 3 aromatic carbocycles. The van der Waals surface area contributed by atoms with Crippen LogP contribution >= 0.6 is 0 Å². The number of aromatic nitrogens is 1. The normalized spacial score (nSPS) is 11.0. The second-order valence-electron chi connectivity index (χ2n) is 9.37. The van der Waals surface area contributed by atoms with Crippen molar-refractivity contribution in [3.63, 3.8) is 0 Å². The molecule has 1 amide bonds. The van der Waals surface area contributed by atoms with Gasteiger partial charge in [0, 0.05) is 29.5 Å². The number of carbonyl (C=O) groups excluding carboxylic acids is 1. The molecule has 0 bridgehead atoms. The Morgan fingerprint density at radius 3 is 2.27 bits per heavy atom. The smallest absolute Gasteiger partial charge is 0.256 e. The maximum Gasteiger partial charge on any atom is 0.256 e. The Kier molecular flexibility index (Phi) is 7.82. The number of fused-ring (bicyclic) bond motifs is 1. The van der Waals surface area contributed by atoms with Gasteiger partial charge in [0.05, 0.1) is 19.7 Å². The van der Waals surface area contributed by atoms with Crippen molar-refractivity contribution in [2.75, 3.05) is 24.9 Å². The van der Waals surface area contributed by atoms with E-state index in [1.807, 2.05) is 67.6 Å². The van der Waals surface area contributed by atoms with E-state index in [0.29, 0.717) is 28.7 Å². The van der Waals surface area contributed by atoms with Crippen LogP contribution in [0.3, 0.4) is 0 Å². The minimum Gasteiger partial charge on any atom is -0.493 e. The molecule has 1 aromatic heterocycles. The SMILES string of the molecule is COc1ccc(NCc2cc3ccc(C)cc3n(CC(=O)Nc3ccc(C(C)C)cc3)c2=O)cc1OC. The second-order valence-corrected chi connectivity index (χ2v) is 9.37. The van der Waals surface area contributed by atoms with Crippen LogP contribution in [0.2, 0.25) is 0 Å². The largest absolute Gasteiger partial charge is 0.493 e. The number of pyridine rings is 1. The van der Waals surface area contributed by atoms with Crippen LogP contribution in [0, 0.1) is 6.92 Å². The number of nitrogens with zero attached hydrogens (tertiary/aromatic N) is 1. The summed E-state index contributed by atoms with van der Waals surface area (Å²) in [6.07, 6.45) is 0. The molecule has 1 heterocycles. The molecule has 4 rings (SSSR count). The fourth-order valence-corrected chi connectivity index (χ4v) is 4.26. The molecule has 7 heteroatoms. The number of hydrogen-bond donors (Lipinski definition) is 2. The van der Waals surface area contributed by atoms with E-state index in [2.05, 4.69) is 24.5 Å². The van der Waals surface area contributed by atoms with Crippen molar-refractivity contribution in [1.29, 1.82) is 0 Å². The quantitative estimate of drug-likeness (QED) is 0.309. The van der Waals surface area contributed by atoms with E-state index in [4.69, 9.17) is 9.47 Å². The monoisotopic (exact) mass is 499 g/mol. The molecule has 37 heavy (non-hydrogen) atoms. The van der Waals surface area contributed by atoms with E-state index < -0.39 is 0 Å². The number of hydrogen-bond acceptors (Lipinski definition) is 5. The van der Waals surface area contributed by atoms with Gasteiger partial charge in [-0.1, -0.05) is 38.1 Å². The fourth-order valence-electron chi connectivity index (χ4n) is 4.26. The molecule has 0 spiro atoms. The van der Waals surface area contributed by atoms with Crippen LogP contribution in [-0.2, 0) is 17.9 Å². The summed E-state index contributed by atoms with van der Waals surface area (Å²) in [5.74, 6) is 1.37. The number of nitrogens with one attached hydrogen (secondary N) is 2. The first-order valence-corrected chi connectivity index (χ1v) is 12.3. The molecule has 0 atom stereocenters. The molecule has 0 aliphatic rings. The first-order valence-electron chi connectivity index (χ1n) is 12.3. The van der Waals surface area contributed by atoms with E-state index in [1.54, 1.807) is 24.9 Å². The van der Waals surface area contributed by atoms with Crippen molar-refractivity contribution >= 4 is 28.2 Å². The number of methoxy groups -OCH3 is 2. The highest BCUT2D eigenvalue weighted by molar-refractivity contribution is 5.92. The van der Waals surface area contributed by atoms with Crippen molar-refractivity contribution < 1.29 is 14.3 Å². The highest BCUT2D eigenvalue weighted by Gasteiger charge is 2.14. The summed E-state index contributed by atoms with van der Waals surface area (Å²) >= 11 is 0. The van der Waals surface area contributed by atoms with E-state index >= 15 is 0 Å². The van der Waals surface area contributed by atoms with Gasteiger partial charge in [0.15, 0.2) is 11.5 Å². The lowest BCUT2D eigenvalue weighted by Crippen LogP contribution is -2.30. The molecule has 0 saturated carbocycles. The zero-order chi connectivity index (χ0) is 26.5. The van der Waals surface area contributed by atoms with Crippen LogP contribution in [-0.4, -0.2) is 24.7 Å². The van der Waals surface area contributed by atoms with Crippen LogP contribution < -0.4 is 25.7 Å². The van der Waals surface area contributed by atoms with Gasteiger partial charge in [-0.3, -0.25) is 14.2 Å². The third-order valence-electron chi connectivity index (χ3n) is 6.36. The Balaban J connectivity index is 1.60. The first kappa shape index (κ1) is 25.8. The molecule has 4 aromatic rings. The topological polar surface area (TPSA) is 81.6 Å². The van der Waals surface area contributed by atoms with Gasteiger partial charge in [-0.25, -0.2) is 0 Å².